The fourth-order valence-corrected chi connectivity index (χ4v) is 2.08. The van der Waals surface area contributed by atoms with Crippen molar-refractivity contribution in [1.29, 1.82) is 0 Å². The molecule has 88 valence electrons. The molecule has 2 unspecified atom stereocenters. The van der Waals surface area contributed by atoms with Gasteiger partial charge in [-0.2, -0.15) is 0 Å². The van der Waals surface area contributed by atoms with Gasteiger partial charge in [-0.25, -0.2) is 9.97 Å². The lowest BCUT2D eigenvalue weighted by atomic mass is 10.0. The minimum Gasteiger partial charge on any atom is -0.381 e. The average Bonchev–Trinajstić information content (AvgIpc) is 2.29. The molecule has 0 spiro atoms. The molecule has 0 aliphatic carbocycles. The van der Waals surface area contributed by atoms with Crippen LogP contribution < -0.4 is 5.73 Å². The molecule has 16 heavy (non-hydrogen) atoms. The van der Waals surface area contributed by atoms with Crippen LogP contribution in [-0.4, -0.2) is 23.2 Å². The lowest BCUT2D eigenvalue weighted by Gasteiger charge is -2.21. The van der Waals surface area contributed by atoms with Crippen LogP contribution in [0.25, 0.3) is 0 Å². The van der Waals surface area contributed by atoms with Gasteiger partial charge in [-0.3, -0.25) is 0 Å². The summed E-state index contributed by atoms with van der Waals surface area (Å²) in [5.41, 5.74) is 7.86. The monoisotopic (exact) mass is 221 g/mol. The van der Waals surface area contributed by atoms with Crippen molar-refractivity contribution >= 4 is 0 Å². The Morgan fingerprint density at radius 1 is 1.56 bits per heavy atom. The maximum atomic E-state index is 5.84. The molecule has 1 aromatic heterocycles. The van der Waals surface area contributed by atoms with Crippen LogP contribution in [0.4, 0.5) is 0 Å². The third kappa shape index (κ3) is 2.39. The van der Waals surface area contributed by atoms with Gasteiger partial charge in [-0.05, 0) is 26.7 Å². The summed E-state index contributed by atoms with van der Waals surface area (Å²) in [6, 6.07) is -0.00310. The number of hydrogen-bond donors (Lipinski definition) is 1. The molecule has 0 saturated carbocycles. The first-order chi connectivity index (χ1) is 7.68. The van der Waals surface area contributed by atoms with Crippen molar-refractivity contribution < 1.29 is 4.74 Å². The standard InChI is InChI=1S/C12H19N3O/c1-8(13)11-6-14-12(15-9(11)2)10-4-3-5-16-7-10/h6,8,10H,3-5,7,13H2,1-2H3. The summed E-state index contributed by atoms with van der Waals surface area (Å²) in [6.45, 7) is 5.56. The second-order valence-corrected chi connectivity index (χ2v) is 4.47. The molecule has 1 fully saturated rings. The number of rotatable bonds is 2. The first-order valence-electron chi connectivity index (χ1n) is 5.85. The Kier molecular flexibility index (Phi) is 3.51. The smallest absolute Gasteiger partial charge is 0.133 e. The highest BCUT2D eigenvalue weighted by Gasteiger charge is 2.19. The van der Waals surface area contributed by atoms with E-state index in [1.807, 2.05) is 20.0 Å². The van der Waals surface area contributed by atoms with Gasteiger partial charge in [0.2, 0.25) is 0 Å². The van der Waals surface area contributed by atoms with Crippen LogP contribution in [0.1, 0.15) is 48.8 Å². The van der Waals surface area contributed by atoms with Gasteiger partial charge in [0.15, 0.2) is 0 Å². The van der Waals surface area contributed by atoms with Crippen LogP contribution in [0.5, 0.6) is 0 Å². The zero-order valence-electron chi connectivity index (χ0n) is 9.94. The van der Waals surface area contributed by atoms with Crippen molar-refractivity contribution in [2.75, 3.05) is 13.2 Å². The molecule has 2 rings (SSSR count). The molecule has 4 nitrogen and oxygen atoms in total. The van der Waals surface area contributed by atoms with Crippen LogP contribution in [0, 0.1) is 6.92 Å². The highest BCUT2D eigenvalue weighted by molar-refractivity contribution is 5.20. The van der Waals surface area contributed by atoms with Crippen molar-refractivity contribution in [1.82, 2.24) is 9.97 Å². The van der Waals surface area contributed by atoms with Gasteiger partial charge in [0.1, 0.15) is 5.82 Å². The number of aromatic nitrogens is 2. The van der Waals surface area contributed by atoms with Crippen LogP contribution in [0.3, 0.4) is 0 Å². The predicted octanol–water partition coefficient (Wildman–Crippen LogP) is 1.70. The van der Waals surface area contributed by atoms with E-state index in [9.17, 15) is 0 Å². The summed E-state index contributed by atoms with van der Waals surface area (Å²) in [5.74, 6) is 1.26. The average molecular weight is 221 g/mol. The molecule has 2 heterocycles. The van der Waals surface area contributed by atoms with Crippen molar-refractivity contribution in [3.05, 3.63) is 23.3 Å². The molecule has 1 saturated heterocycles. The normalized spacial score (nSPS) is 23.1. The molecule has 0 amide bonds. The van der Waals surface area contributed by atoms with Crippen molar-refractivity contribution in [3.63, 3.8) is 0 Å². The van der Waals surface area contributed by atoms with Crippen LogP contribution >= 0.6 is 0 Å². The quantitative estimate of drug-likeness (QED) is 0.825. The number of ether oxygens (including phenoxy) is 1. The topological polar surface area (TPSA) is 61.0 Å². The van der Waals surface area contributed by atoms with Gasteiger partial charge >= 0.3 is 0 Å². The summed E-state index contributed by atoms with van der Waals surface area (Å²) < 4.78 is 5.45. The Hall–Kier alpha value is -1.00. The molecule has 0 aromatic carbocycles. The zero-order chi connectivity index (χ0) is 11.5. The Morgan fingerprint density at radius 2 is 2.38 bits per heavy atom. The molecular formula is C12H19N3O. The molecule has 2 N–H and O–H groups in total. The Bertz CT molecular complexity index is 359. The van der Waals surface area contributed by atoms with Gasteiger partial charge in [0, 0.05) is 36.0 Å². The van der Waals surface area contributed by atoms with E-state index >= 15 is 0 Å². The minimum absolute atomic E-state index is 0.00310. The molecule has 4 heteroatoms. The summed E-state index contributed by atoms with van der Waals surface area (Å²) in [7, 11) is 0. The second kappa shape index (κ2) is 4.89. The van der Waals surface area contributed by atoms with Gasteiger partial charge in [-0.1, -0.05) is 0 Å². The first-order valence-corrected chi connectivity index (χ1v) is 5.85. The number of nitrogens with zero attached hydrogens (tertiary/aromatic N) is 2. The Morgan fingerprint density at radius 3 is 2.94 bits per heavy atom. The van der Waals surface area contributed by atoms with Gasteiger partial charge in [-0.15, -0.1) is 0 Å². The minimum atomic E-state index is -0.00310. The predicted molar refractivity (Wildman–Crippen MR) is 62.2 cm³/mol. The van der Waals surface area contributed by atoms with E-state index in [0.29, 0.717) is 5.92 Å². The van der Waals surface area contributed by atoms with Crippen LogP contribution in [-0.2, 0) is 4.74 Å². The van der Waals surface area contributed by atoms with Gasteiger partial charge < -0.3 is 10.5 Å². The molecule has 0 radical (unpaired) electrons. The molecular weight excluding hydrogens is 202 g/mol. The molecule has 1 aromatic rings. The third-order valence-electron chi connectivity index (χ3n) is 3.05. The SMILES string of the molecule is Cc1nc(C2CCCOC2)ncc1C(C)N. The van der Waals surface area contributed by atoms with Gasteiger partial charge in [0.05, 0.1) is 6.61 Å². The van der Waals surface area contributed by atoms with Gasteiger partial charge in [0.25, 0.3) is 0 Å². The van der Waals surface area contributed by atoms with E-state index in [1.54, 1.807) is 0 Å². The van der Waals surface area contributed by atoms with Crippen molar-refractivity contribution in [2.24, 2.45) is 5.73 Å². The fraction of sp³-hybridized carbons (Fsp3) is 0.667. The fourth-order valence-electron chi connectivity index (χ4n) is 2.08. The molecule has 1 aliphatic rings. The largest absolute Gasteiger partial charge is 0.381 e. The maximum Gasteiger partial charge on any atom is 0.133 e. The van der Waals surface area contributed by atoms with E-state index in [0.717, 1.165) is 43.1 Å². The lowest BCUT2D eigenvalue weighted by molar-refractivity contribution is 0.0780. The highest BCUT2D eigenvalue weighted by Crippen LogP contribution is 2.23. The maximum absolute atomic E-state index is 5.84. The number of nitrogens with two attached hydrogens (primary N) is 1. The molecule has 1 aliphatic heterocycles. The van der Waals surface area contributed by atoms with E-state index in [4.69, 9.17) is 10.5 Å². The summed E-state index contributed by atoms with van der Waals surface area (Å²) in [5, 5.41) is 0. The lowest BCUT2D eigenvalue weighted by Crippen LogP contribution is -2.19. The van der Waals surface area contributed by atoms with Crippen molar-refractivity contribution in [3.8, 4) is 0 Å². The number of aryl methyl sites for hydroxylation is 1. The molecule has 2 atom stereocenters. The summed E-state index contributed by atoms with van der Waals surface area (Å²) in [6.07, 6.45) is 4.08. The Balaban J connectivity index is 2.19. The van der Waals surface area contributed by atoms with Crippen LogP contribution in [0.15, 0.2) is 6.20 Å². The first kappa shape index (κ1) is 11.5. The van der Waals surface area contributed by atoms with E-state index in [2.05, 4.69) is 9.97 Å². The van der Waals surface area contributed by atoms with E-state index in [-0.39, 0.29) is 6.04 Å². The zero-order valence-corrected chi connectivity index (χ0v) is 9.94. The highest BCUT2D eigenvalue weighted by atomic mass is 16.5. The second-order valence-electron chi connectivity index (χ2n) is 4.47. The van der Waals surface area contributed by atoms with Crippen LogP contribution in [0.2, 0.25) is 0 Å². The van der Waals surface area contributed by atoms with Crippen molar-refractivity contribution in [2.45, 2.75) is 38.6 Å². The summed E-state index contributed by atoms with van der Waals surface area (Å²) in [4.78, 5) is 8.96. The summed E-state index contributed by atoms with van der Waals surface area (Å²) >= 11 is 0. The van der Waals surface area contributed by atoms with E-state index in [1.165, 1.54) is 0 Å². The molecule has 0 bridgehead atoms. The van der Waals surface area contributed by atoms with E-state index < -0.39 is 0 Å². The Labute approximate surface area is 96.2 Å². The third-order valence-corrected chi connectivity index (χ3v) is 3.05. The number of hydrogen-bond acceptors (Lipinski definition) is 4.